The number of nitrogens with zero attached hydrogens (tertiary/aromatic N) is 1. The van der Waals surface area contributed by atoms with E-state index in [1.54, 1.807) is 6.20 Å². The quantitative estimate of drug-likeness (QED) is 0.898. The normalized spacial score (nSPS) is 13.1. The van der Waals surface area contributed by atoms with Crippen molar-refractivity contribution in [2.24, 2.45) is 0 Å². The van der Waals surface area contributed by atoms with Crippen LogP contribution in [0.25, 0.3) is 0 Å². The number of rotatable bonds is 3. The van der Waals surface area contributed by atoms with Gasteiger partial charge in [0.1, 0.15) is 13.2 Å². The van der Waals surface area contributed by atoms with Crippen LogP contribution in [0.2, 0.25) is 0 Å². The number of nitrogens with one attached hydrogen (secondary N) is 1. The molecule has 1 aliphatic rings. The molecule has 2 aromatic rings. The average molecular weight is 242 g/mol. The SMILES string of the molecule is c1ccc(CNc2ccc3c(c2)OCCO3)nc1. The summed E-state index contributed by atoms with van der Waals surface area (Å²) in [6.07, 6.45) is 1.79. The summed E-state index contributed by atoms with van der Waals surface area (Å²) in [7, 11) is 0. The summed E-state index contributed by atoms with van der Waals surface area (Å²) < 4.78 is 11.0. The Morgan fingerprint density at radius 3 is 2.78 bits per heavy atom. The zero-order chi connectivity index (χ0) is 12.2. The molecular formula is C14H14N2O2. The number of anilines is 1. The van der Waals surface area contributed by atoms with E-state index in [9.17, 15) is 0 Å². The van der Waals surface area contributed by atoms with E-state index in [0.717, 1.165) is 22.9 Å². The smallest absolute Gasteiger partial charge is 0.163 e. The van der Waals surface area contributed by atoms with Crippen LogP contribution in [0.5, 0.6) is 11.5 Å². The van der Waals surface area contributed by atoms with Gasteiger partial charge in [0.25, 0.3) is 0 Å². The first-order chi connectivity index (χ1) is 8.92. The van der Waals surface area contributed by atoms with Gasteiger partial charge in [-0.25, -0.2) is 0 Å². The molecule has 0 unspecified atom stereocenters. The van der Waals surface area contributed by atoms with Crippen LogP contribution >= 0.6 is 0 Å². The van der Waals surface area contributed by atoms with E-state index in [1.807, 2.05) is 36.4 Å². The van der Waals surface area contributed by atoms with Gasteiger partial charge in [0.15, 0.2) is 11.5 Å². The molecule has 1 aromatic carbocycles. The first-order valence-electron chi connectivity index (χ1n) is 5.95. The Balaban J connectivity index is 1.70. The summed E-state index contributed by atoms with van der Waals surface area (Å²) in [5.74, 6) is 1.61. The first kappa shape index (κ1) is 10.9. The van der Waals surface area contributed by atoms with Crippen molar-refractivity contribution < 1.29 is 9.47 Å². The Labute approximate surface area is 106 Å². The Bertz CT molecular complexity index is 529. The van der Waals surface area contributed by atoms with Gasteiger partial charge < -0.3 is 14.8 Å². The predicted molar refractivity (Wildman–Crippen MR) is 69.0 cm³/mol. The van der Waals surface area contributed by atoms with Crippen LogP contribution in [0.15, 0.2) is 42.6 Å². The fourth-order valence-electron chi connectivity index (χ4n) is 1.85. The van der Waals surface area contributed by atoms with Crippen LogP contribution in [0.1, 0.15) is 5.69 Å². The molecule has 18 heavy (non-hydrogen) atoms. The molecule has 0 aliphatic carbocycles. The second-order valence-corrected chi connectivity index (χ2v) is 4.03. The van der Waals surface area contributed by atoms with E-state index in [2.05, 4.69) is 10.3 Å². The van der Waals surface area contributed by atoms with E-state index in [4.69, 9.17) is 9.47 Å². The molecule has 1 N–H and O–H groups in total. The van der Waals surface area contributed by atoms with Gasteiger partial charge in [0.05, 0.1) is 12.2 Å². The summed E-state index contributed by atoms with van der Waals surface area (Å²) >= 11 is 0. The summed E-state index contributed by atoms with van der Waals surface area (Å²) in [6.45, 7) is 1.92. The third kappa shape index (κ3) is 2.37. The molecule has 0 fully saturated rings. The van der Waals surface area contributed by atoms with Crippen molar-refractivity contribution in [3.05, 3.63) is 48.3 Å². The molecule has 92 valence electrons. The molecular weight excluding hydrogens is 228 g/mol. The summed E-state index contributed by atoms with van der Waals surface area (Å²) in [4.78, 5) is 4.26. The molecule has 0 radical (unpaired) electrons. The summed E-state index contributed by atoms with van der Waals surface area (Å²) in [5.41, 5.74) is 2.01. The molecule has 2 heterocycles. The highest BCUT2D eigenvalue weighted by Crippen LogP contribution is 2.32. The van der Waals surface area contributed by atoms with Gasteiger partial charge in [-0.2, -0.15) is 0 Å². The maximum atomic E-state index is 5.54. The zero-order valence-corrected chi connectivity index (χ0v) is 9.93. The highest BCUT2D eigenvalue weighted by Gasteiger charge is 2.11. The van der Waals surface area contributed by atoms with Gasteiger partial charge in [-0.05, 0) is 24.3 Å². The molecule has 0 saturated carbocycles. The number of fused-ring (bicyclic) bond motifs is 1. The molecule has 0 bridgehead atoms. The van der Waals surface area contributed by atoms with Crippen LogP contribution < -0.4 is 14.8 Å². The zero-order valence-electron chi connectivity index (χ0n) is 9.93. The van der Waals surface area contributed by atoms with E-state index >= 15 is 0 Å². The molecule has 0 spiro atoms. The van der Waals surface area contributed by atoms with Crippen LogP contribution in [-0.4, -0.2) is 18.2 Å². The van der Waals surface area contributed by atoms with Crippen LogP contribution in [-0.2, 0) is 6.54 Å². The maximum Gasteiger partial charge on any atom is 0.163 e. The van der Waals surface area contributed by atoms with Crippen molar-refractivity contribution in [3.63, 3.8) is 0 Å². The van der Waals surface area contributed by atoms with Gasteiger partial charge in [-0.1, -0.05) is 6.07 Å². The largest absolute Gasteiger partial charge is 0.486 e. The lowest BCUT2D eigenvalue weighted by atomic mass is 10.2. The molecule has 4 nitrogen and oxygen atoms in total. The lowest BCUT2D eigenvalue weighted by molar-refractivity contribution is 0.171. The fourth-order valence-corrected chi connectivity index (χ4v) is 1.85. The standard InChI is InChI=1S/C14H14N2O2/c1-2-6-15-12(3-1)10-16-11-4-5-13-14(9-11)18-8-7-17-13/h1-6,9,16H,7-8,10H2. The molecule has 4 heteroatoms. The Morgan fingerprint density at radius 1 is 1.06 bits per heavy atom. The van der Waals surface area contributed by atoms with E-state index in [-0.39, 0.29) is 0 Å². The van der Waals surface area contributed by atoms with Crippen LogP contribution in [0.4, 0.5) is 5.69 Å². The second-order valence-electron chi connectivity index (χ2n) is 4.03. The number of aromatic nitrogens is 1. The van der Waals surface area contributed by atoms with Crippen molar-refractivity contribution in [1.29, 1.82) is 0 Å². The van der Waals surface area contributed by atoms with E-state index in [1.165, 1.54) is 0 Å². The van der Waals surface area contributed by atoms with E-state index < -0.39 is 0 Å². The summed E-state index contributed by atoms with van der Waals surface area (Å²) in [5, 5.41) is 3.31. The Kier molecular flexibility index (Phi) is 3.00. The Morgan fingerprint density at radius 2 is 1.94 bits per heavy atom. The highest BCUT2D eigenvalue weighted by molar-refractivity contribution is 5.55. The van der Waals surface area contributed by atoms with Crippen molar-refractivity contribution in [2.75, 3.05) is 18.5 Å². The molecule has 0 amide bonds. The van der Waals surface area contributed by atoms with Crippen molar-refractivity contribution in [1.82, 2.24) is 4.98 Å². The van der Waals surface area contributed by atoms with Gasteiger partial charge in [0, 0.05) is 18.0 Å². The highest BCUT2D eigenvalue weighted by atomic mass is 16.6. The van der Waals surface area contributed by atoms with E-state index in [0.29, 0.717) is 19.8 Å². The lowest BCUT2D eigenvalue weighted by Crippen LogP contribution is -2.15. The van der Waals surface area contributed by atoms with Crippen LogP contribution in [0.3, 0.4) is 0 Å². The van der Waals surface area contributed by atoms with Crippen molar-refractivity contribution in [3.8, 4) is 11.5 Å². The van der Waals surface area contributed by atoms with Gasteiger partial charge >= 0.3 is 0 Å². The average Bonchev–Trinajstić information content (AvgIpc) is 2.46. The van der Waals surface area contributed by atoms with Crippen molar-refractivity contribution >= 4 is 5.69 Å². The molecule has 0 atom stereocenters. The summed E-state index contributed by atoms with van der Waals surface area (Å²) in [6, 6.07) is 11.7. The minimum Gasteiger partial charge on any atom is -0.486 e. The molecule has 0 saturated heterocycles. The molecule has 1 aliphatic heterocycles. The number of hydrogen-bond acceptors (Lipinski definition) is 4. The number of pyridine rings is 1. The monoisotopic (exact) mass is 242 g/mol. The van der Waals surface area contributed by atoms with Crippen molar-refractivity contribution in [2.45, 2.75) is 6.54 Å². The number of ether oxygens (including phenoxy) is 2. The first-order valence-corrected chi connectivity index (χ1v) is 5.95. The second kappa shape index (κ2) is 4.96. The Hall–Kier alpha value is -2.23. The number of hydrogen-bond donors (Lipinski definition) is 1. The topological polar surface area (TPSA) is 43.4 Å². The fraction of sp³-hybridized carbons (Fsp3) is 0.214. The minimum absolute atomic E-state index is 0.608. The lowest BCUT2D eigenvalue weighted by Gasteiger charge is -2.19. The maximum absolute atomic E-state index is 5.54. The molecule has 3 rings (SSSR count). The number of benzene rings is 1. The van der Waals surface area contributed by atoms with Gasteiger partial charge in [-0.3, -0.25) is 4.98 Å². The third-order valence-corrected chi connectivity index (χ3v) is 2.74. The minimum atomic E-state index is 0.608. The molecule has 1 aromatic heterocycles. The van der Waals surface area contributed by atoms with Gasteiger partial charge in [-0.15, -0.1) is 0 Å². The predicted octanol–water partition coefficient (Wildman–Crippen LogP) is 2.46. The van der Waals surface area contributed by atoms with Crippen LogP contribution in [0, 0.1) is 0 Å². The van der Waals surface area contributed by atoms with Gasteiger partial charge in [0.2, 0.25) is 0 Å². The third-order valence-electron chi connectivity index (χ3n) is 2.74.